The predicted octanol–water partition coefficient (Wildman–Crippen LogP) is 1.98. The van der Waals surface area contributed by atoms with Gasteiger partial charge in [-0.1, -0.05) is 22.0 Å². The molecule has 3 N–H and O–H groups in total. The van der Waals surface area contributed by atoms with Crippen molar-refractivity contribution in [1.82, 2.24) is 5.32 Å². The summed E-state index contributed by atoms with van der Waals surface area (Å²) in [5.41, 5.74) is 6.72. The molecule has 17 heavy (non-hydrogen) atoms. The van der Waals surface area contributed by atoms with Crippen LogP contribution in [0.1, 0.15) is 25.5 Å². The van der Waals surface area contributed by atoms with Gasteiger partial charge in [0.05, 0.1) is 0 Å². The fraction of sp³-hybridized carbons (Fsp3) is 0.417. The Bertz CT molecular complexity index is 394. The lowest BCUT2D eigenvalue weighted by Gasteiger charge is -2.14. The van der Waals surface area contributed by atoms with Crippen molar-refractivity contribution in [1.29, 1.82) is 0 Å². The molecule has 4 nitrogen and oxygen atoms in total. The number of nitrogens with two attached hydrogens (primary N) is 1. The first kappa shape index (κ1) is 14.0. The van der Waals surface area contributed by atoms with E-state index in [1.165, 1.54) is 0 Å². The highest BCUT2D eigenvalue weighted by Crippen LogP contribution is 2.27. The van der Waals surface area contributed by atoms with Gasteiger partial charge in [-0.3, -0.25) is 4.79 Å². The highest BCUT2D eigenvalue weighted by Gasteiger charge is 2.10. The van der Waals surface area contributed by atoms with E-state index in [2.05, 4.69) is 21.2 Å². The third-order valence-corrected chi connectivity index (χ3v) is 2.69. The molecule has 0 aliphatic heterocycles. The van der Waals surface area contributed by atoms with Crippen LogP contribution in [0, 0.1) is 0 Å². The molecule has 5 heteroatoms. The van der Waals surface area contributed by atoms with E-state index < -0.39 is 0 Å². The number of carbonyl (C=O) groups is 1. The molecular weight excluding hydrogens is 284 g/mol. The molecule has 0 saturated carbocycles. The van der Waals surface area contributed by atoms with E-state index >= 15 is 0 Å². The molecule has 0 spiro atoms. The van der Waals surface area contributed by atoms with E-state index in [0.717, 1.165) is 10.0 Å². The van der Waals surface area contributed by atoms with E-state index in [-0.39, 0.29) is 18.6 Å². The monoisotopic (exact) mass is 300 g/mol. The Labute approximate surface area is 110 Å². The number of halogens is 1. The number of likely N-dealkylation sites (N-methyl/N-ethyl adjacent to an activating group) is 1. The Balaban J connectivity index is 2.75. The van der Waals surface area contributed by atoms with Gasteiger partial charge in [-0.25, -0.2) is 0 Å². The highest BCUT2D eigenvalue weighted by atomic mass is 79.9. The Morgan fingerprint density at radius 2 is 2.29 bits per heavy atom. The Morgan fingerprint density at radius 3 is 2.88 bits per heavy atom. The van der Waals surface area contributed by atoms with Gasteiger partial charge in [0, 0.05) is 22.6 Å². The zero-order chi connectivity index (χ0) is 12.8. The molecule has 94 valence electrons. The molecule has 0 aromatic heterocycles. The molecular formula is C12H17BrN2O2. The van der Waals surface area contributed by atoms with Gasteiger partial charge in [-0.2, -0.15) is 0 Å². The number of nitrogens with one attached hydrogen (secondary N) is 1. The van der Waals surface area contributed by atoms with Gasteiger partial charge < -0.3 is 15.8 Å². The molecule has 1 aromatic carbocycles. The molecule has 0 fully saturated rings. The predicted molar refractivity (Wildman–Crippen MR) is 70.9 cm³/mol. The van der Waals surface area contributed by atoms with E-state index in [9.17, 15) is 4.79 Å². The van der Waals surface area contributed by atoms with Crippen LogP contribution in [0.5, 0.6) is 5.75 Å². The number of ether oxygens (including phenoxy) is 1. The number of benzene rings is 1. The molecule has 1 amide bonds. The van der Waals surface area contributed by atoms with Crippen molar-refractivity contribution < 1.29 is 9.53 Å². The van der Waals surface area contributed by atoms with Crippen LogP contribution in [0.4, 0.5) is 0 Å². The normalized spacial score (nSPS) is 12.0. The van der Waals surface area contributed by atoms with Crippen LogP contribution in [0.3, 0.4) is 0 Å². The lowest BCUT2D eigenvalue weighted by atomic mass is 10.1. The van der Waals surface area contributed by atoms with Gasteiger partial charge in [0.25, 0.3) is 5.91 Å². The average Bonchev–Trinajstić information content (AvgIpc) is 2.26. The molecule has 1 atom stereocenters. The quantitative estimate of drug-likeness (QED) is 0.874. The zero-order valence-corrected chi connectivity index (χ0v) is 11.6. The van der Waals surface area contributed by atoms with Gasteiger partial charge in [0.2, 0.25) is 0 Å². The van der Waals surface area contributed by atoms with Gasteiger partial charge in [-0.05, 0) is 26.0 Å². The Kier molecular flexibility index (Phi) is 5.44. The maximum Gasteiger partial charge on any atom is 0.257 e. The van der Waals surface area contributed by atoms with Crippen LogP contribution in [0.15, 0.2) is 22.7 Å². The molecule has 1 aromatic rings. The van der Waals surface area contributed by atoms with Crippen molar-refractivity contribution in [3.8, 4) is 5.75 Å². The van der Waals surface area contributed by atoms with Gasteiger partial charge in [-0.15, -0.1) is 0 Å². The van der Waals surface area contributed by atoms with Crippen LogP contribution in [-0.4, -0.2) is 19.1 Å². The van der Waals surface area contributed by atoms with Gasteiger partial charge in [0.15, 0.2) is 6.61 Å². The van der Waals surface area contributed by atoms with Crippen molar-refractivity contribution in [2.24, 2.45) is 5.73 Å². The molecule has 0 heterocycles. The van der Waals surface area contributed by atoms with Crippen LogP contribution in [0.2, 0.25) is 0 Å². The molecule has 0 bridgehead atoms. The second kappa shape index (κ2) is 6.61. The first-order valence-electron chi connectivity index (χ1n) is 5.49. The first-order chi connectivity index (χ1) is 8.04. The third kappa shape index (κ3) is 4.36. The van der Waals surface area contributed by atoms with Crippen LogP contribution in [0.25, 0.3) is 0 Å². The van der Waals surface area contributed by atoms with Crippen molar-refractivity contribution in [2.45, 2.75) is 19.9 Å². The summed E-state index contributed by atoms with van der Waals surface area (Å²) in [6.45, 7) is 4.34. The number of hydrogen-bond acceptors (Lipinski definition) is 3. The minimum absolute atomic E-state index is 0.00398. The van der Waals surface area contributed by atoms with Crippen LogP contribution in [-0.2, 0) is 4.79 Å². The standard InChI is InChI=1S/C12H17BrN2O2/c1-3-15-12(16)7-17-11-6-9(13)4-5-10(11)8(2)14/h4-6,8H,3,7,14H2,1-2H3,(H,15,16). The fourth-order valence-electron chi connectivity index (χ4n) is 1.40. The van der Waals surface area contributed by atoms with Gasteiger partial charge >= 0.3 is 0 Å². The first-order valence-corrected chi connectivity index (χ1v) is 6.28. The largest absolute Gasteiger partial charge is 0.483 e. The summed E-state index contributed by atoms with van der Waals surface area (Å²) in [4.78, 5) is 11.3. The number of rotatable bonds is 5. The molecule has 0 aliphatic carbocycles. The SMILES string of the molecule is CCNC(=O)COc1cc(Br)ccc1C(C)N. The number of carbonyl (C=O) groups excluding carboxylic acids is 1. The lowest BCUT2D eigenvalue weighted by molar-refractivity contribution is -0.123. The molecule has 0 saturated heterocycles. The van der Waals surface area contributed by atoms with Crippen molar-refractivity contribution in [2.75, 3.05) is 13.2 Å². The topological polar surface area (TPSA) is 64.3 Å². The molecule has 0 radical (unpaired) electrons. The second-order valence-electron chi connectivity index (χ2n) is 3.71. The minimum Gasteiger partial charge on any atom is -0.483 e. The Morgan fingerprint density at radius 1 is 1.59 bits per heavy atom. The highest BCUT2D eigenvalue weighted by molar-refractivity contribution is 9.10. The summed E-state index contributed by atoms with van der Waals surface area (Å²) in [7, 11) is 0. The summed E-state index contributed by atoms with van der Waals surface area (Å²) in [6.07, 6.45) is 0. The Hall–Kier alpha value is -1.07. The number of amides is 1. The minimum atomic E-state index is -0.136. The van der Waals surface area contributed by atoms with Crippen molar-refractivity contribution in [3.63, 3.8) is 0 Å². The maximum absolute atomic E-state index is 11.3. The molecule has 0 aliphatic rings. The zero-order valence-electron chi connectivity index (χ0n) is 10.00. The van der Waals surface area contributed by atoms with Crippen LogP contribution >= 0.6 is 15.9 Å². The van der Waals surface area contributed by atoms with E-state index in [1.807, 2.05) is 32.0 Å². The van der Waals surface area contributed by atoms with Crippen LogP contribution < -0.4 is 15.8 Å². The van der Waals surface area contributed by atoms with E-state index in [1.54, 1.807) is 0 Å². The smallest absolute Gasteiger partial charge is 0.257 e. The lowest BCUT2D eigenvalue weighted by Crippen LogP contribution is -2.28. The average molecular weight is 301 g/mol. The summed E-state index contributed by atoms with van der Waals surface area (Å²) < 4.78 is 6.37. The summed E-state index contributed by atoms with van der Waals surface area (Å²) in [5.74, 6) is 0.503. The maximum atomic E-state index is 11.3. The second-order valence-corrected chi connectivity index (χ2v) is 4.63. The van der Waals surface area contributed by atoms with E-state index in [0.29, 0.717) is 12.3 Å². The summed E-state index contributed by atoms with van der Waals surface area (Å²) >= 11 is 3.36. The van der Waals surface area contributed by atoms with Gasteiger partial charge in [0.1, 0.15) is 5.75 Å². The third-order valence-electron chi connectivity index (χ3n) is 2.20. The fourth-order valence-corrected chi connectivity index (χ4v) is 1.74. The summed E-state index contributed by atoms with van der Waals surface area (Å²) in [5, 5.41) is 2.67. The molecule has 1 rings (SSSR count). The summed E-state index contributed by atoms with van der Waals surface area (Å²) in [6, 6.07) is 5.48. The van der Waals surface area contributed by atoms with Crippen molar-refractivity contribution >= 4 is 21.8 Å². The number of hydrogen-bond donors (Lipinski definition) is 2. The van der Waals surface area contributed by atoms with Crippen molar-refractivity contribution in [3.05, 3.63) is 28.2 Å². The molecule has 1 unspecified atom stereocenters. The van der Waals surface area contributed by atoms with E-state index in [4.69, 9.17) is 10.5 Å².